The number of aromatic hydroxyl groups is 1. The second kappa shape index (κ2) is 4.81. The van der Waals surface area contributed by atoms with Gasteiger partial charge in [-0.15, -0.1) is 0 Å². The summed E-state index contributed by atoms with van der Waals surface area (Å²) in [6.07, 6.45) is 4.12. The number of carbonyl (C=O) groups excluding carboxylic acids is 1. The summed E-state index contributed by atoms with van der Waals surface area (Å²) in [4.78, 5) is 16.8. The summed E-state index contributed by atoms with van der Waals surface area (Å²) >= 11 is 0. The van der Waals surface area contributed by atoms with Crippen molar-refractivity contribution in [3.8, 4) is 5.75 Å². The molecule has 0 bridgehead atoms. The van der Waals surface area contributed by atoms with Gasteiger partial charge >= 0.3 is 0 Å². The van der Waals surface area contributed by atoms with Crippen molar-refractivity contribution in [2.24, 2.45) is 0 Å². The third kappa shape index (κ3) is 1.99. The zero-order chi connectivity index (χ0) is 15.1. The van der Waals surface area contributed by atoms with Gasteiger partial charge in [0.2, 0.25) is 0 Å². The van der Waals surface area contributed by atoms with Gasteiger partial charge in [-0.1, -0.05) is 30.3 Å². The first-order valence-corrected chi connectivity index (χ1v) is 7.13. The lowest BCUT2D eigenvalue weighted by molar-refractivity contribution is 0.104. The topological polar surface area (TPSA) is 50.2 Å². The molecule has 4 rings (SSSR count). The highest BCUT2D eigenvalue weighted by Gasteiger charge is 2.26. The molecule has 106 valence electrons. The van der Waals surface area contributed by atoms with Gasteiger partial charge in [0, 0.05) is 34.7 Å². The molecule has 1 N–H and O–H groups in total. The first-order valence-electron chi connectivity index (χ1n) is 7.13. The standard InChI is InChI=1S/C19H13NO2/c21-18-5-1-4-15-16(18)11-14(19(15)22)9-12-6-7-13-3-2-8-20-17(13)10-12/h1-10,21H,11H2. The molecule has 1 aliphatic rings. The van der Waals surface area contributed by atoms with Crippen LogP contribution in [0.5, 0.6) is 5.75 Å². The molecule has 1 heterocycles. The van der Waals surface area contributed by atoms with Gasteiger partial charge in [0.1, 0.15) is 5.75 Å². The van der Waals surface area contributed by atoms with Crippen LogP contribution in [-0.4, -0.2) is 15.9 Å². The smallest absolute Gasteiger partial charge is 0.189 e. The number of Topliss-reactive ketones (excluding diaryl/α,β-unsaturated/α-hetero) is 1. The molecule has 3 heteroatoms. The number of aromatic nitrogens is 1. The Morgan fingerprint density at radius 3 is 2.86 bits per heavy atom. The van der Waals surface area contributed by atoms with E-state index in [9.17, 15) is 9.90 Å². The molecule has 22 heavy (non-hydrogen) atoms. The highest BCUT2D eigenvalue weighted by Crippen LogP contribution is 2.33. The minimum Gasteiger partial charge on any atom is -0.508 e. The molecule has 0 unspecified atom stereocenters. The number of phenolic OH excluding ortho intramolecular Hbond substituents is 1. The fourth-order valence-corrected chi connectivity index (χ4v) is 2.91. The van der Waals surface area contributed by atoms with Gasteiger partial charge in [0.05, 0.1) is 5.52 Å². The average Bonchev–Trinajstić information content (AvgIpc) is 2.85. The number of carbonyl (C=O) groups is 1. The van der Waals surface area contributed by atoms with Crippen molar-refractivity contribution in [1.29, 1.82) is 0 Å². The van der Waals surface area contributed by atoms with Gasteiger partial charge in [-0.2, -0.15) is 0 Å². The van der Waals surface area contributed by atoms with E-state index in [-0.39, 0.29) is 11.5 Å². The number of allylic oxidation sites excluding steroid dienone is 1. The van der Waals surface area contributed by atoms with Gasteiger partial charge in [0.25, 0.3) is 0 Å². The molecule has 1 aromatic heterocycles. The van der Waals surface area contributed by atoms with Crippen molar-refractivity contribution in [1.82, 2.24) is 4.98 Å². The van der Waals surface area contributed by atoms with Gasteiger partial charge < -0.3 is 5.11 Å². The van der Waals surface area contributed by atoms with Crippen LogP contribution in [0.3, 0.4) is 0 Å². The third-order valence-electron chi connectivity index (χ3n) is 4.03. The van der Waals surface area contributed by atoms with Gasteiger partial charge in [0.15, 0.2) is 5.78 Å². The van der Waals surface area contributed by atoms with Crippen LogP contribution >= 0.6 is 0 Å². The van der Waals surface area contributed by atoms with Crippen LogP contribution in [0.4, 0.5) is 0 Å². The Hall–Kier alpha value is -2.94. The Morgan fingerprint density at radius 1 is 1.09 bits per heavy atom. The monoisotopic (exact) mass is 287 g/mol. The predicted octanol–water partition coefficient (Wildman–Crippen LogP) is 3.76. The normalized spacial score (nSPS) is 15.5. The van der Waals surface area contributed by atoms with Gasteiger partial charge in [-0.3, -0.25) is 9.78 Å². The Morgan fingerprint density at radius 2 is 2.00 bits per heavy atom. The van der Waals surface area contributed by atoms with Gasteiger partial charge in [-0.05, 0) is 29.8 Å². The Bertz CT molecular complexity index is 941. The van der Waals surface area contributed by atoms with E-state index in [1.54, 1.807) is 24.4 Å². The van der Waals surface area contributed by atoms with E-state index in [2.05, 4.69) is 4.98 Å². The molecular weight excluding hydrogens is 274 g/mol. The van der Waals surface area contributed by atoms with E-state index in [4.69, 9.17) is 0 Å². The zero-order valence-corrected chi connectivity index (χ0v) is 11.8. The van der Waals surface area contributed by atoms with Crippen LogP contribution in [0.2, 0.25) is 0 Å². The maximum atomic E-state index is 12.4. The van der Waals surface area contributed by atoms with Gasteiger partial charge in [-0.25, -0.2) is 0 Å². The first kappa shape index (κ1) is 12.8. The molecule has 1 aliphatic carbocycles. The van der Waals surface area contributed by atoms with E-state index in [0.29, 0.717) is 17.6 Å². The zero-order valence-electron chi connectivity index (χ0n) is 11.8. The van der Waals surface area contributed by atoms with Crippen LogP contribution in [0.1, 0.15) is 21.5 Å². The highest BCUT2D eigenvalue weighted by molar-refractivity contribution is 6.16. The largest absolute Gasteiger partial charge is 0.508 e. The van der Waals surface area contributed by atoms with Crippen molar-refractivity contribution in [3.63, 3.8) is 0 Å². The van der Waals surface area contributed by atoms with E-state index in [1.807, 2.05) is 36.4 Å². The summed E-state index contributed by atoms with van der Waals surface area (Å²) in [5.74, 6) is 0.182. The molecule has 3 nitrogen and oxygen atoms in total. The molecule has 0 amide bonds. The minimum atomic E-state index is -0.00739. The number of benzene rings is 2. The van der Waals surface area contributed by atoms with E-state index < -0.39 is 0 Å². The lowest BCUT2D eigenvalue weighted by Gasteiger charge is -2.00. The van der Waals surface area contributed by atoms with Crippen molar-refractivity contribution in [2.45, 2.75) is 6.42 Å². The lowest BCUT2D eigenvalue weighted by Crippen LogP contribution is -1.95. The van der Waals surface area contributed by atoms with Crippen molar-refractivity contribution in [3.05, 3.63) is 77.0 Å². The maximum Gasteiger partial charge on any atom is 0.189 e. The fraction of sp³-hybridized carbons (Fsp3) is 0.0526. The van der Waals surface area contributed by atoms with Crippen LogP contribution in [-0.2, 0) is 6.42 Å². The van der Waals surface area contributed by atoms with Crippen LogP contribution < -0.4 is 0 Å². The molecular formula is C19H13NO2. The fourth-order valence-electron chi connectivity index (χ4n) is 2.91. The number of rotatable bonds is 1. The predicted molar refractivity (Wildman–Crippen MR) is 85.9 cm³/mol. The summed E-state index contributed by atoms with van der Waals surface area (Å²) in [6.45, 7) is 0. The Balaban J connectivity index is 1.77. The number of phenols is 1. The number of nitrogens with zero attached hydrogens (tertiary/aromatic N) is 1. The number of hydrogen-bond acceptors (Lipinski definition) is 3. The molecule has 0 aliphatic heterocycles. The molecule has 0 spiro atoms. The minimum absolute atomic E-state index is 0.00739. The van der Waals surface area contributed by atoms with Crippen LogP contribution in [0.25, 0.3) is 17.0 Å². The summed E-state index contributed by atoms with van der Waals surface area (Å²) in [7, 11) is 0. The second-order valence-corrected chi connectivity index (χ2v) is 5.43. The average molecular weight is 287 g/mol. The molecule has 2 aromatic carbocycles. The molecule has 0 saturated heterocycles. The third-order valence-corrected chi connectivity index (χ3v) is 4.03. The molecule has 0 fully saturated rings. The first-order chi connectivity index (χ1) is 10.7. The summed E-state index contributed by atoms with van der Waals surface area (Å²) in [6, 6.07) is 14.9. The van der Waals surface area contributed by atoms with Crippen molar-refractivity contribution < 1.29 is 9.90 Å². The second-order valence-electron chi connectivity index (χ2n) is 5.43. The number of hydrogen-bond donors (Lipinski definition) is 1. The number of fused-ring (bicyclic) bond motifs is 2. The van der Waals surface area contributed by atoms with E-state index in [1.165, 1.54) is 0 Å². The number of pyridine rings is 1. The lowest BCUT2D eigenvalue weighted by atomic mass is 10.1. The summed E-state index contributed by atoms with van der Waals surface area (Å²) < 4.78 is 0. The maximum absolute atomic E-state index is 12.4. The summed E-state index contributed by atoms with van der Waals surface area (Å²) in [5, 5.41) is 11.0. The summed E-state index contributed by atoms with van der Waals surface area (Å²) in [5.41, 5.74) is 3.87. The van der Waals surface area contributed by atoms with Crippen molar-refractivity contribution >= 4 is 22.8 Å². The van der Waals surface area contributed by atoms with E-state index >= 15 is 0 Å². The number of ketones is 1. The van der Waals surface area contributed by atoms with Crippen LogP contribution in [0.15, 0.2) is 60.3 Å². The SMILES string of the molecule is O=C1C(=Cc2ccc3cccnc3c2)Cc2c(O)cccc21. The molecule has 0 atom stereocenters. The molecule has 3 aromatic rings. The van der Waals surface area contributed by atoms with E-state index in [0.717, 1.165) is 22.0 Å². The van der Waals surface area contributed by atoms with Crippen LogP contribution in [0, 0.1) is 0 Å². The Labute approximate surface area is 127 Å². The quantitative estimate of drug-likeness (QED) is 0.693. The molecule has 0 saturated carbocycles. The Kier molecular flexibility index (Phi) is 2.79. The highest BCUT2D eigenvalue weighted by atomic mass is 16.3. The van der Waals surface area contributed by atoms with Crippen molar-refractivity contribution in [2.75, 3.05) is 0 Å². The molecule has 0 radical (unpaired) electrons.